The second kappa shape index (κ2) is 14.0. The molecule has 11 rings (SSSR count). The SMILES string of the molecule is CC1(C)c2cc(-c3ccccc3)ccc2-c2ccc(N(C3=CCCC=C3)c3ccc(-c4ccc(-c5ccc6c(c5)c5ccccc5n6-c5ccccc5)cc4)cc3)cc21. The van der Waals surface area contributed by atoms with Gasteiger partial charge < -0.3 is 9.47 Å². The predicted octanol–water partition coefficient (Wildman–Crippen LogP) is 15.5. The van der Waals surface area contributed by atoms with Crippen molar-refractivity contribution < 1.29 is 0 Å². The van der Waals surface area contributed by atoms with Crippen molar-refractivity contribution in [3.63, 3.8) is 0 Å². The van der Waals surface area contributed by atoms with E-state index in [1.165, 1.54) is 94.5 Å². The number of hydrogen-bond donors (Lipinski definition) is 0. The zero-order valence-corrected chi connectivity index (χ0v) is 33.4. The summed E-state index contributed by atoms with van der Waals surface area (Å²) in [7, 11) is 0. The summed E-state index contributed by atoms with van der Waals surface area (Å²) >= 11 is 0. The number of para-hydroxylation sites is 2. The van der Waals surface area contributed by atoms with E-state index in [0.29, 0.717) is 0 Å². The van der Waals surface area contributed by atoms with Crippen molar-refractivity contribution in [3.8, 4) is 50.2 Å². The van der Waals surface area contributed by atoms with Gasteiger partial charge in [0.1, 0.15) is 0 Å². The Bertz CT molecular complexity index is 3090. The number of anilines is 2. The molecule has 0 saturated heterocycles. The Labute approximate surface area is 346 Å². The van der Waals surface area contributed by atoms with Gasteiger partial charge in [0, 0.05) is 38.9 Å². The summed E-state index contributed by atoms with van der Waals surface area (Å²) < 4.78 is 2.37. The van der Waals surface area contributed by atoms with Crippen molar-refractivity contribution in [2.24, 2.45) is 0 Å². The molecule has 282 valence electrons. The summed E-state index contributed by atoms with van der Waals surface area (Å²) in [4.78, 5) is 2.43. The molecule has 8 aromatic carbocycles. The summed E-state index contributed by atoms with van der Waals surface area (Å²) in [5, 5.41) is 2.53. The van der Waals surface area contributed by atoms with Gasteiger partial charge in [-0.2, -0.15) is 0 Å². The van der Waals surface area contributed by atoms with Crippen LogP contribution in [0.2, 0.25) is 0 Å². The monoisotopic (exact) mass is 756 g/mol. The van der Waals surface area contributed by atoms with Crippen LogP contribution in [0.15, 0.2) is 212 Å². The Kier molecular flexibility index (Phi) is 8.34. The van der Waals surface area contributed by atoms with Crippen molar-refractivity contribution in [1.82, 2.24) is 4.57 Å². The molecule has 0 saturated carbocycles. The Balaban J connectivity index is 0.902. The van der Waals surface area contributed by atoms with Gasteiger partial charge >= 0.3 is 0 Å². The van der Waals surface area contributed by atoms with Crippen LogP contribution in [0.4, 0.5) is 11.4 Å². The van der Waals surface area contributed by atoms with Crippen LogP contribution in [-0.2, 0) is 5.41 Å². The smallest absolute Gasteiger partial charge is 0.0541 e. The van der Waals surface area contributed by atoms with E-state index >= 15 is 0 Å². The average molecular weight is 757 g/mol. The van der Waals surface area contributed by atoms with Gasteiger partial charge in [-0.25, -0.2) is 0 Å². The maximum absolute atomic E-state index is 2.43. The fraction of sp³-hybridized carbons (Fsp3) is 0.0877. The molecule has 0 radical (unpaired) electrons. The van der Waals surface area contributed by atoms with Crippen molar-refractivity contribution >= 4 is 33.2 Å². The van der Waals surface area contributed by atoms with E-state index in [4.69, 9.17) is 0 Å². The number of fused-ring (bicyclic) bond motifs is 6. The number of nitrogens with zero attached hydrogens (tertiary/aromatic N) is 2. The minimum atomic E-state index is -0.128. The van der Waals surface area contributed by atoms with E-state index in [-0.39, 0.29) is 5.41 Å². The molecular weight excluding hydrogens is 713 g/mol. The van der Waals surface area contributed by atoms with Crippen molar-refractivity contribution in [2.75, 3.05) is 4.90 Å². The molecule has 1 heterocycles. The number of rotatable bonds is 7. The first-order valence-electron chi connectivity index (χ1n) is 20.8. The summed E-state index contributed by atoms with van der Waals surface area (Å²) in [6, 6.07) is 69.2. The van der Waals surface area contributed by atoms with Crippen molar-refractivity contribution in [2.45, 2.75) is 32.1 Å². The Morgan fingerprint density at radius 1 is 0.441 bits per heavy atom. The largest absolute Gasteiger partial charge is 0.311 e. The lowest BCUT2D eigenvalue weighted by Gasteiger charge is -2.30. The number of allylic oxidation sites excluding steroid dienone is 3. The molecule has 0 bridgehead atoms. The molecule has 0 spiro atoms. The number of benzene rings is 8. The van der Waals surface area contributed by atoms with Crippen LogP contribution in [0.25, 0.3) is 72.0 Å². The summed E-state index contributed by atoms with van der Waals surface area (Å²) in [6.45, 7) is 4.76. The van der Waals surface area contributed by atoms with Gasteiger partial charge in [0.2, 0.25) is 0 Å². The predicted molar refractivity (Wildman–Crippen MR) is 250 cm³/mol. The lowest BCUT2D eigenvalue weighted by Crippen LogP contribution is -2.19. The van der Waals surface area contributed by atoms with E-state index in [0.717, 1.165) is 18.5 Å². The summed E-state index contributed by atoms with van der Waals surface area (Å²) in [5.74, 6) is 0. The molecule has 59 heavy (non-hydrogen) atoms. The maximum Gasteiger partial charge on any atom is 0.0541 e. The molecule has 0 fully saturated rings. The minimum absolute atomic E-state index is 0.128. The zero-order valence-electron chi connectivity index (χ0n) is 33.4. The van der Waals surface area contributed by atoms with Crippen LogP contribution in [0.5, 0.6) is 0 Å². The van der Waals surface area contributed by atoms with Crippen LogP contribution in [0.1, 0.15) is 37.8 Å². The second-order valence-electron chi connectivity index (χ2n) is 16.5. The molecule has 9 aromatic rings. The standard InChI is InChI=1S/C57H44N2/c1-57(2)53-37-44(39-14-6-3-7-15-39)28-33-49(53)50-34-32-48(38-54(50)57)58(45-16-8-4-9-17-45)47-30-26-41(27-31-47)40-22-24-42(25-23-40)43-29-35-56-52(36-43)51-20-12-13-21-55(51)59(56)46-18-10-5-11-19-46/h3,5-8,10-38H,4,9H2,1-2H3. The first kappa shape index (κ1) is 35.0. The van der Waals surface area contributed by atoms with Gasteiger partial charge in [-0.05, 0) is 135 Å². The molecule has 0 atom stereocenters. The molecule has 0 unspecified atom stereocenters. The fourth-order valence-electron chi connectivity index (χ4n) is 9.55. The van der Waals surface area contributed by atoms with Gasteiger partial charge in [0.15, 0.2) is 0 Å². The van der Waals surface area contributed by atoms with Crippen LogP contribution in [0, 0.1) is 0 Å². The normalized spacial score (nSPS) is 14.0. The molecule has 0 N–H and O–H groups in total. The summed E-state index contributed by atoms with van der Waals surface area (Å²) in [5.41, 5.74) is 19.9. The molecule has 2 aliphatic carbocycles. The minimum Gasteiger partial charge on any atom is -0.311 e. The van der Waals surface area contributed by atoms with Crippen LogP contribution in [-0.4, -0.2) is 4.57 Å². The number of hydrogen-bond acceptors (Lipinski definition) is 1. The topological polar surface area (TPSA) is 8.17 Å². The van der Waals surface area contributed by atoms with Gasteiger partial charge in [-0.1, -0.05) is 153 Å². The van der Waals surface area contributed by atoms with E-state index in [2.05, 4.69) is 230 Å². The fourth-order valence-corrected chi connectivity index (χ4v) is 9.55. The molecule has 2 aliphatic rings. The molecule has 2 heteroatoms. The Morgan fingerprint density at radius 3 is 1.71 bits per heavy atom. The highest BCUT2D eigenvalue weighted by molar-refractivity contribution is 6.10. The maximum atomic E-state index is 2.43. The first-order valence-corrected chi connectivity index (χ1v) is 20.8. The summed E-state index contributed by atoms with van der Waals surface area (Å²) in [6.07, 6.45) is 9.08. The average Bonchev–Trinajstić information content (AvgIpc) is 3.75. The quantitative estimate of drug-likeness (QED) is 0.157. The third-order valence-corrected chi connectivity index (χ3v) is 12.6. The van der Waals surface area contributed by atoms with Crippen LogP contribution in [0.3, 0.4) is 0 Å². The molecule has 0 aliphatic heterocycles. The van der Waals surface area contributed by atoms with E-state index in [1.54, 1.807) is 0 Å². The van der Waals surface area contributed by atoms with E-state index in [9.17, 15) is 0 Å². The molecule has 2 nitrogen and oxygen atoms in total. The molecule has 0 amide bonds. The van der Waals surface area contributed by atoms with Gasteiger partial charge in [0.05, 0.1) is 11.0 Å². The highest BCUT2D eigenvalue weighted by atomic mass is 15.1. The van der Waals surface area contributed by atoms with Gasteiger partial charge in [0.25, 0.3) is 0 Å². The van der Waals surface area contributed by atoms with Crippen LogP contribution >= 0.6 is 0 Å². The van der Waals surface area contributed by atoms with Gasteiger partial charge in [-0.3, -0.25) is 0 Å². The number of aromatic nitrogens is 1. The van der Waals surface area contributed by atoms with Crippen molar-refractivity contribution in [1.29, 1.82) is 0 Å². The third-order valence-electron chi connectivity index (χ3n) is 12.6. The van der Waals surface area contributed by atoms with E-state index < -0.39 is 0 Å². The lowest BCUT2D eigenvalue weighted by atomic mass is 9.81. The Morgan fingerprint density at radius 2 is 0.983 bits per heavy atom. The lowest BCUT2D eigenvalue weighted by molar-refractivity contribution is 0.660. The molecule has 1 aromatic heterocycles. The third kappa shape index (κ3) is 5.94. The van der Waals surface area contributed by atoms with Crippen LogP contribution < -0.4 is 4.90 Å². The highest BCUT2D eigenvalue weighted by Crippen LogP contribution is 2.51. The first-order chi connectivity index (χ1) is 29.0. The van der Waals surface area contributed by atoms with E-state index in [1.807, 2.05) is 0 Å². The van der Waals surface area contributed by atoms with Gasteiger partial charge in [-0.15, -0.1) is 0 Å². The second-order valence-corrected chi connectivity index (χ2v) is 16.5. The highest BCUT2D eigenvalue weighted by Gasteiger charge is 2.36. The zero-order chi connectivity index (χ0) is 39.5. The van der Waals surface area contributed by atoms with Crippen molar-refractivity contribution in [3.05, 3.63) is 223 Å². The Hall–Kier alpha value is -7.16. The molecular formula is C57H44N2.